The Bertz CT molecular complexity index is 1090. The highest BCUT2D eigenvalue weighted by Gasteiger charge is 2.37. The van der Waals surface area contributed by atoms with Crippen molar-refractivity contribution in [2.24, 2.45) is 0 Å². The molecule has 1 N–H and O–H groups in total. The molecule has 0 aliphatic carbocycles. The Hall–Kier alpha value is -2.49. The summed E-state index contributed by atoms with van der Waals surface area (Å²) in [4.78, 5) is 14.4. The van der Waals surface area contributed by atoms with Crippen LogP contribution in [0.25, 0.3) is 5.57 Å². The monoisotopic (exact) mass is 600 g/mol. The van der Waals surface area contributed by atoms with Gasteiger partial charge in [0.2, 0.25) is 0 Å². The van der Waals surface area contributed by atoms with Crippen molar-refractivity contribution in [3.05, 3.63) is 65.1 Å². The first-order valence-electron chi connectivity index (χ1n) is 13.7. The van der Waals surface area contributed by atoms with Gasteiger partial charge < -0.3 is 20.0 Å². The third kappa shape index (κ3) is 9.28. The van der Waals surface area contributed by atoms with Crippen molar-refractivity contribution in [3.63, 3.8) is 0 Å². The van der Waals surface area contributed by atoms with Crippen LogP contribution in [0.3, 0.4) is 0 Å². The van der Waals surface area contributed by atoms with Gasteiger partial charge in [-0.3, -0.25) is 0 Å². The summed E-state index contributed by atoms with van der Waals surface area (Å²) in [6.45, 7) is 18.1. The Morgan fingerprint density at radius 2 is 1.73 bits per heavy atom. The lowest BCUT2D eigenvalue weighted by molar-refractivity contribution is -0.0688. The molecule has 2 aliphatic rings. The van der Waals surface area contributed by atoms with Crippen LogP contribution in [0, 0.1) is 0 Å². The number of piperidine rings is 1. The summed E-state index contributed by atoms with van der Waals surface area (Å²) in [5.74, 6) is 0.582. The van der Waals surface area contributed by atoms with Crippen LogP contribution in [-0.2, 0) is 0 Å². The van der Waals surface area contributed by atoms with Crippen LogP contribution in [0.5, 0.6) is 0 Å². The Morgan fingerprint density at radius 1 is 1.10 bits per heavy atom. The topological polar surface area (TPSA) is 47.5 Å². The van der Waals surface area contributed by atoms with E-state index in [4.69, 9.17) is 23.2 Å². The van der Waals surface area contributed by atoms with E-state index in [9.17, 15) is 13.2 Å². The lowest BCUT2D eigenvalue weighted by Crippen LogP contribution is -2.44. The van der Waals surface area contributed by atoms with Crippen molar-refractivity contribution in [1.82, 2.24) is 20.2 Å². The van der Waals surface area contributed by atoms with Gasteiger partial charge in [0, 0.05) is 43.3 Å². The summed E-state index contributed by atoms with van der Waals surface area (Å²) in [6.07, 6.45) is 2.72. The van der Waals surface area contributed by atoms with Gasteiger partial charge in [-0.2, -0.15) is 13.2 Å². The first-order chi connectivity index (χ1) is 19.0. The maximum Gasteiger partial charge on any atom is 0.418 e. The number of halogens is 5. The van der Waals surface area contributed by atoms with Gasteiger partial charge in [0.1, 0.15) is 11.5 Å². The molecule has 1 atom stereocenters. The first kappa shape index (κ1) is 33.7. The Kier molecular flexibility index (Phi) is 13.6. The fraction of sp³-hybridized carbons (Fsp3) is 0.517. The highest BCUT2D eigenvalue weighted by molar-refractivity contribution is 6.35. The summed E-state index contributed by atoms with van der Waals surface area (Å²) in [7, 11) is 1.66. The standard InChI is InChI=1S/C22H24Cl2F3N5.C5H11N.C2H6/c1-5-31-8-10-32(11-9-31)19-13-28-20(14(2)22(25,26)27)21(29-19)30(4)15(3)17-7-6-16(23)12-18(17)24;1-2-4-6-5-3-1;1-2/h5-7,12-13,15H,1-2,8-11H2,3-4H3;6H,1-5H2;1-2H3. The van der Waals surface area contributed by atoms with Gasteiger partial charge in [0.25, 0.3) is 0 Å². The van der Waals surface area contributed by atoms with E-state index in [1.54, 1.807) is 36.3 Å². The smallest absolute Gasteiger partial charge is 0.374 e. The average Bonchev–Trinajstić information content (AvgIpc) is 2.97. The van der Waals surface area contributed by atoms with Gasteiger partial charge in [-0.25, -0.2) is 9.97 Å². The molecular formula is C29H41Cl2F3N6. The van der Waals surface area contributed by atoms with E-state index < -0.39 is 17.8 Å². The van der Waals surface area contributed by atoms with Crippen molar-refractivity contribution in [1.29, 1.82) is 0 Å². The molecule has 0 spiro atoms. The fourth-order valence-electron chi connectivity index (χ4n) is 4.28. The minimum absolute atomic E-state index is 0.0782. The van der Waals surface area contributed by atoms with Crippen molar-refractivity contribution >= 4 is 40.4 Å². The second-order valence-corrected chi connectivity index (χ2v) is 10.2. The van der Waals surface area contributed by atoms with Gasteiger partial charge >= 0.3 is 6.18 Å². The molecule has 0 amide bonds. The van der Waals surface area contributed by atoms with E-state index in [1.165, 1.54) is 38.5 Å². The van der Waals surface area contributed by atoms with E-state index in [1.807, 2.05) is 25.7 Å². The molecule has 1 unspecified atom stereocenters. The van der Waals surface area contributed by atoms with Gasteiger partial charge in [0.15, 0.2) is 5.82 Å². The van der Waals surface area contributed by atoms with Crippen molar-refractivity contribution in [2.45, 2.75) is 52.3 Å². The third-order valence-electron chi connectivity index (χ3n) is 6.80. The molecule has 1 aromatic heterocycles. The quantitative estimate of drug-likeness (QED) is 0.368. The van der Waals surface area contributed by atoms with Crippen LogP contribution in [0.4, 0.5) is 24.8 Å². The van der Waals surface area contributed by atoms with Gasteiger partial charge in [-0.15, -0.1) is 0 Å². The number of benzene rings is 1. The fourth-order valence-corrected chi connectivity index (χ4v) is 4.85. The highest BCUT2D eigenvalue weighted by atomic mass is 35.5. The van der Waals surface area contributed by atoms with E-state index in [-0.39, 0.29) is 11.5 Å². The average molecular weight is 602 g/mol. The number of piperazine rings is 1. The lowest BCUT2D eigenvalue weighted by Gasteiger charge is -2.35. The number of nitrogens with zero attached hydrogens (tertiary/aromatic N) is 5. The molecule has 4 rings (SSSR count). The van der Waals surface area contributed by atoms with E-state index >= 15 is 0 Å². The molecule has 2 aromatic rings. The molecule has 40 heavy (non-hydrogen) atoms. The van der Waals surface area contributed by atoms with Crippen LogP contribution in [-0.4, -0.2) is 67.4 Å². The molecule has 3 heterocycles. The molecule has 6 nitrogen and oxygen atoms in total. The van der Waals surface area contributed by atoms with Crippen LogP contribution in [0.15, 0.2) is 43.8 Å². The van der Waals surface area contributed by atoms with Gasteiger partial charge in [-0.05, 0) is 56.8 Å². The summed E-state index contributed by atoms with van der Waals surface area (Å²) in [6, 6.07) is 4.63. The number of aromatic nitrogens is 2. The minimum Gasteiger partial charge on any atom is -0.374 e. The number of nitrogens with one attached hydrogen (secondary N) is 1. The lowest BCUT2D eigenvalue weighted by atomic mass is 10.1. The Balaban J connectivity index is 0.000000609. The van der Waals surface area contributed by atoms with Crippen LogP contribution < -0.4 is 15.1 Å². The number of rotatable bonds is 6. The summed E-state index contributed by atoms with van der Waals surface area (Å²) >= 11 is 12.3. The second kappa shape index (κ2) is 16.1. The molecule has 0 saturated carbocycles. The molecular weight excluding hydrogens is 560 g/mol. The molecule has 0 radical (unpaired) electrons. The number of alkyl halides is 3. The maximum absolute atomic E-state index is 13.5. The predicted octanol–water partition coefficient (Wildman–Crippen LogP) is 7.61. The van der Waals surface area contributed by atoms with Crippen LogP contribution in [0.1, 0.15) is 57.3 Å². The van der Waals surface area contributed by atoms with Crippen LogP contribution in [0.2, 0.25) is 10.0 Å². The van der Waals surface area contributed by atoms with Gasteiger partial charge in [-0.1, -0.05) is 62.7 Å². The van der Waals surface area contributed by atoms with Crippen LogP contribution >= 0.6 is 23.2 Å². The van der Waals surface area contributed by atoms with Crippen molar-refractivity contribution in [3.8, 4) is 0 Å². The van der Waals surface area contributed by atoms with E-state index in [0.717, 1.165) is 13.1 Å². The van der Waals surface area contributed by atoms with Crippen molar-refractivity contribution < 1.29 is 13.2 Å². The zero-order valence-electron chi connectivity index (χ0n) is 23.9. The third-order valence-corrected chi connectivity index (χ3v) is 7.36. The first-order valence-corrected chi connectivity index (χ1v) is 14.4. The molecule has 0 bridgehead atoms. The Morgan fingerprint density at radius 3 is 2.20 bits per heavy atom. The second-order valence-electron chi connectivity index (χ2n) is 9.35. The summed E-state index contributed by atoms with van der Waals surface area (Å²) in [5.41, 5.74) is -0.663. The SMILES string of the molecule is C1CCNCC1.C=CN1CCN(c2cnc(C(=C)C(F)(F)F)c(N(C)C(C)c3ccc(Cl)cc3Cl)n2)CC1.CC. The molecule has 2 aliphatic heterocycles. The minimum atomic E-state index is -4.64. The largest absolute Gasteiger partial charge is 0.418 e. The number of allylic oxidation sites excluding steroid dienone is 1. The molecule has 11 heteroatoms. The van der Waals surface area contributed by atoms with Crippen molar-refractivity contribution in [2.75, 3.05) is 56.1 Å². The normalized spacial score (nSPS) is 16.1. The van der Waals surface area contributed by atoms with E-state index in [0.29, 0.717) is 34.5 Å². The number of hydrogen-bond donors (Lipinski definition) is 1. The van der Waals surface area contributed by atoms with Gasteiger partial charge in [0.05, 0.1) is 17.8 Å². The number of anilines is 2. The predicted molar refractivity (Wildman–Crippen MR) is 162 cm³/mol. The Labute approximate surface area is 246 Å². The summed E-state index contributed by atoms with van der Waals surface area (Å²) < 4.78 is 40.5. The molecule has 2 fully saturated rings. The maximum atomic E-state index is 13.5. The summed E-state index contributed by atoms with van der Waals surface area (Å²) in [5, 5.41) is 4.17. The zero-order chi connectivity index (χ0) is 29.9. The molecule has 2 saturated heterocycles. The van der Waals surface area contributed by atoms with E-state index in [2.05, 4.69) is 33.3 Å². The highest BCUT2D eigenvalue weighted by Crippen LogP contribution is 2.39. The zero-order valence-corrected chi connectivity index (χ0v) is 25.4. The molecule has 1 aromatic carbocycles. The molecule has 222 valence electrons. The number of hydrogen-bond acceptors (Lipinski definition) is 6.